The molecule has 0 aliphatic carbocycles. The minimum absolute atomic E-state index is 0.0459. The number of benzene rings is 3. The lowest BCUT2D eigenvalue weighted by atomic mass is 10.1. The molecule has 0 aromatic heterocycles. The molecule has 0 atom stereocenters. The Kier molecular flexibility index (Phi) is 5.90. The van der Waals surface area contributed by atoms with Crippen molar-refractivity contribution in [1.82, 2.24) is 9.80 Å². The van der Waals surface area contributed by atoms with Crippen molar-refractivity contribution < 1.29 is 4.92 Å². The molecular weight excluding hydrogens is 386 g/mol. The van der Waals surface area contributed by atoms with Crippen molar-refractivity contribution in [3.8, 4) is 0 Å². The molecule has 0 saturated carbocycles. The highest BCUT2D eigenvalue weighted by molar-refractivity contribution is 6.32. The third-order valence-corrected chi connectivity index (χ3v) is 5.61. The quantitative estimate of drug-likeness (QED) is 0.413. The monoisotopic (exact) mass is 407 g/mol. The Hall–Kier alpha value is -2.73. The molecule has 0 spiro atoms. The first-order valence-electron chi connectivity index (χ1n) is 9.61. The smallest absolute Gasteiger partial charge is 0.278 e. The second-order valence-electron chi connectivity index (χ2n) is 7.25. The summed E-state index contributed by atoms with van der Waals surface area (Å²) in [6.07, 6.45) is -0.0496. The van der Waals surface area contributed by atoms with Gasteiger partial charge < -0.3 is 0 Å². The Morgan fingerprint density at radius 2 is 1.38 bits per heavy atom. The van der Waals surface area contributed by atoms with Gasteiger partial charge in [-0.1, -0.05) is 78.3 Å². The van der Waals surface area contributed by atoms with Crippen LogP contribution in [0.5, 0.6) is 0 Å². The van der Waals surface area contributed by atoms with E-state index in [0.29, 0.717) is 0 Å². The Labute approximate surface area is 175 Å². The topological polar surface area (TPSA) is 49.6 Å². The highest BCUT2D eigenvalue weighted by Crippen LogP contribution is 2.36. The van der Waals surface area contributed by atoms with E-state index < -0.39 is 4.92 Å². The zero-order valence-corrected chi connectivity index (χ0v) is 16.7. The van der Waals surface area contributed by atoms with Gasteiger partial charge in [0.2, 0.25) is 0 Å². The lowest BCUT2D eigenvalue weighted by Gasteiger charge is -2.31. The highest BCUT2D eigenvalue weighted by Gasteiger charge is 2.34. The van der Waals surface area contributed by atoms with Gasteiger partial charge in [-0.3, -0.25) is 19.9 Å². The van der Waals surface area contributed by atoms with Crippen LogP contribution in [0.3, 0.4) is 0 Å². The molecule has 1 saturated heterocycles. The summed E-state index contributed by atoms with van der Waals surface area (Å²) >= 11 is 6.06. The summed E-state index contributed by atoms with van der Waals surface area (Å²) in [4.78, 5) is 15.7. The molecule has 0 bridgehead atoms. The van der Waals surface area contributed by atoms with Gasteiger partial charge in [0.15, 0.2) is 0 Å². The predicted molar refractivity (Wildman–Crippen MR) is 115 cm³/mol. The second-order valence-corrected chi connectivity index (χ2v) is 7.66. The Morgan fingerprint density at radius 3 is 1.86 bits per heavy atom. The first-order chi connectivity index (χ1) is 14.1. The fraction of sp³-hybridized carbons (Fsp3) is 0.217. The van der Waals surface area contributed by atoms with E-state index in [9.17, 15) is 10.1 Å². The highest BCUT2D eigenvalue weighted by atomic mass is 35.5. The molecule has 0 amide bonds. The molecular formula is C23H22ClN3O2. The van der Waals surface area contributed by atoms with Crippen molar-refractivity contribution in [3.05, 3.63) is 111 Å². The summed E-state index contributed by atoms with van der Waals surface area (Å²) in [5.74, 6) is 0. The minimum atomic E-state index is -0.413. The molecule has 0 unspecified atom stereocenters. The number of halogens is 1. The van der Waals surface area contributed by atoms with Crippen LogP contribution in [0.2, 0.25) is 5.02 Å². The Balaban J connectivity index is 1.67. The molecule has 0 N–H and O–H groups in total. The SMILES string of the molecule is O=[N+]([O-])c1cc(C2N(Cc3ccccc3)CCN2Cc2ccccc2)ccc1Cl. The van der Waals surface area contributed by atoms with Crippen LogP contribution in [0.15, 0.2) is 78.9 Å². The van der Waals surface area contributed by atoms with E-state index in [0.717, 1.165) is 31.7 Å². The second kappa shape index (κ2) is 8.74. The zero-order valence-electron chi connectivity index (χ0n) is 15.9. The Morgan fingerprint density at radius 1 is 0.862 bits per heavy atom. The van der Waals surface area contributed by atoms with Crippen LogP contribution in [-0.2, 0) is 13.1 Å². The van der Waals surface area contributed by atoms with Crippen LogP contribution in [0.4, 0.5) is 5.69 Å². The molecule has 0 radical (unpaired) electrons. The molecule has 1 heterocycles. The number of nitro groups is 1. The maximum absolute atomic E-state index is 11.4. The van der Waals surface area contributed by atoms with E-state index in [1.807, 2.05) is 42.5 Å². The van der Waals surface area contributed by atoms with E-state index in [-0.39, 0.29) is 16.9 Å². The summed E-state index contributed by atoms with van der Waals surface area (Å²) in [6.45, 7) is 3.35. The molecule has 3 aromatic carbocycles. The number of rotatable bonds is 6. The first-order valence-corrected chi connectivity index (χ1v) is 9.99. The summed E-state index contributed by atoms with van der Waals surface area (Å²) in [5, 5.41) is 11.6. The standard InChI is InChI=1S/C23H22ClN3O2/c24-21-12-11-20(15-22(21)27(28)29)23-25(16-18-7-3-1-4-8-18)13-14-26(23)17-19-9-5-2-6-10-19/h1-12,15,23H,13-14,16-17H2. The molecule has 1 aliphatic rings. The van der Waals surface area contributed by atoms with Crippen LogP contribution < -0.4 is 0 Å². The third kappa shape index (κ3) is 4.48. The maximum atomic E-state index is 11.4. The van der Waals surface area contributed by atoms with Crippen LogP contribution >= 0.6 is 11.6 Å². The number of nitro benzene ring substituents is 1. The molecule has 6 heteroatoms. The van der Waals surface area contributed by atoms with Crippen molar-refractivity contribution in [2.45, 2.75) is 19.3 Å². The normalized spacial score (nSPS) is 15.6. The van der Waals surface area contributed by atoms with Gasteiger partial charge in [0.1, 0.15) is 5.02 Å². The van der Waals surface area contributed by atoms with Crippen LogP contribution in [0, 0.1) is 10.1 Å². The molecule has 1 aliphatic heterocycles. The molecule has 1 fully saturated rings. The van der Waals surface area contributed by atoms with Crippen molar-refractivity contribution in [2.24, 2.45) is 0 Å². The van der Waals surface area contributed by atoms with Crippen LogP contribution in [0.25, 0.3) is 0 Å². The summed E-state index contributed by atoms with van der Waals surface area (Å²) in [7, 11) is 0. The van der Waals surface area contributed by atoms with Gasteiger partial charge in [-0.05, 0) is 22.8 Å². The molecule has 4 rings (SSSR count). The third-order valence-electron chi connectivity index (χ3n) is 5.29. The number of nitrogens with zero attached hydrogens (tertiary/aromatic N) is 3. The average Bonchev–Trinajstić information content (AvgIpc) is 3.11. The molecule has 29 heavy (non-hydrogen) atoms. The van der Waals surface area contributed by atoms with Gasteiger partial charge >= 0.3 is 0 Å². The van der Waals surface area contributed by atoms with Gasteiger partial charge in [-0.25, -0.2) is 0 Å². The van der Waals surface area contributed by atoms with Crippen LogP contribution in [-0.4, -0.2) is 27.8 Å². The fourth-order valence-electron chi connectivity index (χ4n) is 3.95. The molecule has 148 valence electrons. The lowest BCUT2D eigenvalue weighted by molar-refractivity contribution is -0.384. The van der Waals surface area contributed by atoms with Gasteiger partial charge in [0, 0.05) is 32.2 Å². The summed E-state index contributed by atoms with van der Waals surface area (Å²) < 4.78 is 0. The van der Waals surface area contributed by atoms with Gasteiger partial charge in [-0.2, -0.15) is 0 Å². The van der Waals surface area contributed by atoms with Gasteiger partial charge in [0.25, 0.3) is 5.69 Å². The summed E-state index contributed by atoms with van der Waals surface area (Å²) in [6, 6.07) is 25.8. The van der Waals surface area contributed by atoms with Crippen molar-refractivity contribution in [3.63, 3.8) is 0 Å². The van der Waals surface area contributed by atoms with Crippen molar-refractivity contribution >= 4 is 17.3 Å². The van der Waals surface area contributed by atoms with Crippen LogP contribution in [0.1, 0.15) is 22.9 Å². The minimum Gasteiger partial charge on any atom is -0.278 e. The number of hydrogen-bond donors (Lipinski definition) is 0. The fourth-order valence-corrected chi connectivity index (χ4v) is 4.14. The van der Waals surface area contributed by atoms with E-state index in [1.54, 1.807) is 12.1 Å². The zero-order chi connectivity index (χ0) is 20.2. The van der Waals surface area contributed by atoms with E-state index in [4.69, 9.17) is 11.6 Å². The van der Waals surface area contributed by atoms with Crippen molar-refractivity contribution in [1.29, 1.82) is 0 Å². The van der Waals surface area contributed by atoms with E-state index in [2.05, 4.69) is 34.1 Å². The molecule has 5 nitrogen and oxygen atoms in total. The van der Waals surface area contributed by atoms with E-state index in [1.165, 1.54) is 11.1 Å². The predicted octanol–water partition coefficient (Wildman–Crippen LogP) is 5.26. The molecule has 3 aromatic rings. The van der Waals surface area contributed by atoms with Crippen molar-refractivity contribution in [2.75, 3.05) is 13.1 Å². The first kappa shape index (κ1) is 19.6. The summed E-state index contributed by atoms with van der Waals surface area (Å²) in [5.41, 5.74) is 3.30. The number of hydrogen-bond acceptors (Lipinski definition) is 4. The Bertz CT molecular complexity index is 932. The van der Waals surface area contributed by atoms with Gasteiger partial charge in [0.05, 0.1) is 11.1 Å². The van der Waals surface area contributed by atoms with E-state index >= 15 is 0 Å². The lowest BCUT2D eigenvalue weighted by Crippen LogP contribution is -2.30. The average molecular weight is 408 g/mol. The maximum Gasteiger partial charge on any atom is 0.288 e. The van der Waals surface area contributed by atoms with Gasteiger partial charge in [-0.15, -0.1) is 0 Å². The largest absolute Gasteiger partial charge is 0.288 e.